The second-order valence-electron chi connectivity index (χ2n) is 5.82. The molecule has 2 rings (SSSR count). The van der Waals surface area contributed by atoms with Crippen molar-refractivity contribution in [3.63, 3.8) is 0 Å². The van der Waals surface area contributed by atoms with Crippen molar-refractivity contribution in [3.05, 3.63) is 29.1 Å². The lowest BCUT2D eigenvalue weighted by Crippen LogP contribution is -2.43. The summed E-state index contributed by atoms with van der Waals surface area (Å²) in [6.45, 7) is 6.06. The van der Waals surface area contributed by atoms with Crippen molar-refractivity contribution < 1.29 is 19.4 Å². The zero-order valence-electron chi connectivity index (χ0n) is 14.7. The second-order valence-corrected chi connectivity index (χ2v) is 6.91. The molecule has 0 bridgehead atoms. The fourth-order valence-electron chi connectivity index (χ4n) is 2.34. The first-order valence-corrected chi connectivity index (χ1v) is 9.20. The Bertz CT molecular complexity index is 753. The van der Waals surface area contributed by atoms with Crippen LogP contribution in [-0.4, -0.2) is 35.9 Å². The van der Waals surface area contributed by atoms with Crippen molar-refractivity contribution in [2.75, 3.05) is 18.5 Å². The quantitative estimate of drug-likeness (QED) is 0.653. The van der Waals surface area contributed by atoms with E-state index in [2.05, 4.69) is 10.6 Å². The molecular weight excluding hydrogens is 340 g/mol. The van der Waals surface area contributed by atoms with E-state index >= 15 is 0 Å². The Hall–Kier alpha value is -2.12. The van der Waals surface area contributed by atoms with Crippen LogP contribution in [0.2, 0.25) is 0 Å². The first kappa shape index (κ1) is 19.2. The number of carbonyl (C=O) groups excluding carboxylic acids is 2. The topological polar surface area (TPSA) is 87.7 Å². The summed E-state index contributed by atoms with van der Waals surface area (Å²) >= 11 is 1.36. The van der Waals surface area contributed by atoms with Crippen LogP contribution in [0.4, 0.5) is 10.5 Å². The average molecular weight is 364 g/mol. The molecule has 0 atom stereocenters. The SMILES string of the molecule is CCOC(=O)c1cc2cc(NC(=O)NCC(O)(CC)CC)ccc2s1. The lowest BCUT2D eigenvalue weighted by Gasteiger charge is -2.25. The summed E-state index contributed by atoms with van der Waals surface area (Å²) < 4.78 is 5.95. The second kappa shape index (κ2) is 8.31. The van der Waals surface area contributed by atoms with Crippen molar-refractivity contribution in [2.45, 2.75) is 39.2 Å². The van der Waals surface area contributed by atoms with Crippen LogP contribution in [0.25, 0.3) is 10.1 Å². The Morgan fingerprint density at radius 1 is 1.20 bits per heavy atom. The number of urea groups is 1. The van der Waals surface area contributed by atoms with Gasteiger partial charge in [-0.05, 0) is 49.4 Å². The van der Waals surface area contributed by atoms with E-state index in [-0.39, 0.29) is 18.5 Å². The number of anilines is 1. The van der Waals surface area contributed by atoms with E-state index in [4.69, 9.17) is 4.74 Å². The molecule has 1 heterocycles. The van der Waals surface area contributed by atoms with Gasteiger partial charge in [-0.3, -0.25) is 0 Å². The van der Waals surface area contributed by atoms with E-state index in [1.807, 2.05) is 19.9 Å². The number of rotatable bonds is 7. The maximum atomic E-state index is 12.0. The van der Waals surface area contributed by atoms with E-state index in [0.717, 1.165) is 10.1 Å². The predicted molar refractivity (Wildman–Crippen MR) is 100 cm³/mol. The van der Waals surface area contributed by atoms with Crippen LogP contribution >= 0.6 is 11.3 Å². The van der Waals surface area contributed by atoms with Crippen LogP contribution in [0.15, 0.2) is 24.3 Å². The van der Waals surface area contributed by atoms with Crippen LogP contribution in [0, 0.1) is 0 Å². The molecule has 1 aromatic heterocycles. The number of aliphatic hydroxyl groups is 1. The molecule has 0 unspecified atom stereocenters. The normalized spacial score (nSPS) is 11.4. The third kappa shape index (κ3) is 4.93. The average Bonchev–Trinajstić information content (AvgIpc) is 3.03. The number of fused-ring (bicyclic) bond motifs is 1. The largest absolute Gasteiger partial charge is 0.462 e. The summed E-state index contributed by atoms with van der Waals surface area (Å²) in [7, 11) is 0. The van der Waals surface area contributed by atoms with Gasteiger partial charge in [0.15, 0.2) is 0 Å². The molecule has 2 aromatic rings. The lowest BCUT2D eigenvalue weighted by molar-refractivity contribution is 0.0354. The predicted octanol–water partition coefficient (Wildman–Crippen LogP) is 3.75. The van der Waals surface area contributed by atoms with Crippen LogP contribution < -0.4 is 10.6 Å². The Morgan fingerprint density at radius 3 is 2.56 bits per heavy atom. The van der Waals surface area contributed by atoms with Crippen molar-refractivity contribution in [3.8, 4) is 0 Å². The summed E-state index contributed by atoms with van der Waals surface area (Å²) in [6, 6.07) is 6.82. The van der Waals surface area contributed by atoms with Gasteiger partial charge in [0, 0.05) is 16.9 Å². The number of esters is 1. The number of amides is 2. The summed E-state index contributed by atoms with van der Waals surface area (Å²) in [4.78, 5) is 24.4. The first-order valence-electron chi connectivity index (χ1n) is 8.38. The molecule has 0 saturated carbocycles. The van der Waals surface area contributed by atoms with Gasteiger partial charge in [-0.1, -0.05) is 13.8 Å². The minimum atomic E-state index is -0.886. The van der Waals surface area contributed by atoms with E-state index < -0.39 is 5.60 Å². The van der Waals surface area contributed by atoms with E-state index in [1.54, 1.807) is 25.1 Å². The molecule has 2 amide bonds. The van der Waals surface area contributed by atoms with Gasteiger partial charge in [0.05, 0.1) is 12.2 Å². The number of nitrogens with one attached hydrogen (secondary N) is 2. The van der Waals surface area contributed by atoms with Gasteiger partial charge in [-0.2, -0.15) is 0 Å². The lowest BCUT2D eigenvalue weighted by atomic mass is 9.98. The van der Waals surface area contributed by atoms with Crippen LogP contribution in [0.1, 0.15) is 43.3 Å². The Labute approximate surface area is 151 Å². The summed E-state index contributed by atoms with van der Waals surface area (Å²) in [5.74, 6) is -0.339. The number of thiophene rings is 1. The molecule has 6 nitrogen and oxygen atoms in total. The summed E-state index contributed by atoms with van der Waals surface area (Å²) in [5.41, 5.74) is -0.266. The molecular formula is C18H24N2O4S. The van der Waals surface area contributed by atoms with Crippen LogP contribution in [-0.2, 0) is 4.74 Å². The number of carbonyl (C=O) groups is 2. The molecule has 0 aliphatic carbocycles. The zero-order chi connectivity index (χ0) is 18.4. The monoisotopic (exact) mass is 364 g/mol. The van der Waals surface area contributed by atoms with Crippen molar-refractivity contribution in [2.24, 2.45) is 0 Å². The zero-order valence-corrected chi connectivity index (χ0v) is 15.5. The van der Waals surface area contributed by atoms with Crippen LogP contribution in [0.5, 0.6) is 0 Å². The molecule has 0 aliphatic rings. The number of hydrogen-bond acceptors (Lipinski definition) is 5. The van der Waals surface area contributed by atoms with Crippen LogP contribution in [0.3, 0.4) is 0 Å². The fourth-order valence-corrected chi connectivity index (χ4v) is 3.28. The third-order valence-corrected chi connectivity index (χ3v) is 5.24. The molecule has 3 N–H and O–H groups in total. The highest BCUT2D eigenvalue weighted by Crippen LogP contribution is 2.28. The highest BCUT2D eigenvalue weighted by molar-refractivity contribution is 7.20. The first-order chi connectivity index (χ1) is 11.9. The van der Waals surface area contributed by atoms with Gasteiger partial charge in [-0.15, -0.1) is 11.3 Å². The van der Waals surface area contributed by atoms with Crippen molar-refractivity contribution >= 4 is 39.1 Å². The van der Waals surface area contributed by atoms with E-state index in [0.29, 0.717) is 30.0 Å². The van der Waals surface area contributed by atoms with E-state index in [1.165, 1.54) is 11.3 Å². The summed E-state index contributed by atoms with van der Waals surface area (Å²) in [6.07, 6.45) is 1.14. The number of benzene rings is 1. The maximum Gasteiger partial charge on any atom is 0.348 e. The highest BCUT2D eigenvalue weighted by atomic mass is 32.1. The molecule has 0 radical (unpaired) electrons. The molecule has 0 saturated heterocycles. The molecule has 0 spiro atoms. The molecule has 1 aromatic carbocycles. The molecule has 136 valence electrons. The number of ether oxygens (including phenoxy) is 1. The van der Waals surface area contributed by atoms with Crippen molar-refractivity contribution in [1.29, 1.82) is 0 Å². The standard InChI is InChI=1S/C18H24N2O4S/c1-4-18(23,5-2)11-19-17(22)20-13-7-8-14-12(9-13)10-15(25-14)16(21)24-6-3/h7-10,23H,4-6,11H2,1-3H3,(H2,19,20,22). The van der Waals surface area contributed by atoms with Gasteiger partial charge in [0.2, 0.25) is 0 Å². The highest BCUT2D eigenvalue weighted by Gasteiger charge is 2.22. The van der Waals surface area contributed by atoms with Gasteiger partial charge < -0.3 is 20.5 Å². The minimum Gasteiger partial charge on any atom is -0.462 e. The van der Waals surface area contributed by atoms with Gasteiger partial charge in [0.25, 0.3) is 0 Å². The Kier molecular flexibility index (Phi) is 6.39. The van der Waals surface area contributed by atoms with Gasteiger partial charge >= 0.3 is 12.0 Å². The molecule has 0 fully saturated rings. The third-order valence-electron chi connectivity index (χ3n) is 4.15. The minimum absolute atomic E-state index is 0.194. The van der Waals surface area contributed by atoms with E-state index in [9.17, 15) is 14.7 Å². The summed E-state index contributed by atoms with van der Waals surface area (Å²) in [5, 5.41) is 16.5. The Balaban J connectivity index is 2.04. The maximum absolute atomic E-state index is 12.0. The van der Waals surface area contributed by atoms with Gasteiger partial charge in [0.1, 0.15) is 4.88 Å². The van der Waals surface area contributed by atoms with Gasteiger partial charge in [-0.25, -0.2) is 9.59 Å². The smallest absolute Gasteiger partial charge is 0.348 e. The molecule has 25 heavy (non-hydrogen) atoms. The number of hydrogen-bond donors (Lipinski definition) is 3. The molecule has 0 aliphatic heterocycles. The fraction of sp³-hybridized carbons (Fsp3) is 0.444. The Morgan fingerprint density at radius 2 is 1.92 bits per heavy atom. The van der Waals surface area contributed by atoms with Crippen molar-refractivity contribution in [1.82, 2.24) is 5.32 Å². The molecule has 7 heteroatoms.